The summed E-state index contributed by atoms with van der Waals surface area (Å²) in [4.78, 5) is 17.8. The topological polar surface area (TPSA) is 266 Å². The van der Waals surface area contributed by atoms with E-state index in [1.165, 1.54) is 0 Å². The van der Waals surface area contributed by atoms with Gasteiger partial charge in [0.15, 0.2) is 0 Å². The lowest BCUT2D eigenvalue weighted by Gasteiger charge is -2.13. The summed E-state index contributed by atoms with van der Waals surface area (Å²) in [5, 5.41) is 0. The molecular weight excluding hydrogens is 697 g/mol. The molecule has 4 aromatic carbocycles. The number of hydrogen-bond acceptors (Lipinski definition) is 10. The van der Waals surface area contributed by atoms with Gasteiger partial charge in [0.05, 0.1) is 22.8 Å². The Balaban J connectivity index is 1.55. The van der Waals surface area contributed by atoms with Crippen molar-refractivity contribution in [1.82, 2.24) is 19.9 Å². The molecule has 12 heteroatoms. The van der Waals surface area contributed by atoms with Gasteiger partial charge in [-0.05, 0) is 97.1 Å². The van der Waals surface area contributed by atoms with Crippen molar-refractivity contribution in [3.63, 3.8) is 0 Å². The monoisotopic (exact) mass is 734 g/mol. The molecule has 0 unspecified atom stereocenters. The number of aromatic amines is 2. The second-order valence-electron chi connectivity index (χ2n) is 13.7. The van der Waals surface area contributed by atoms with Gasteiger partial charge in [-0.3, -0.25) is 0 Å². The van der Waals surface area contributed by atoms with E-state index in [1.807, 2.05) is 121 Å². The minimum absolute atomic E-state index is 0.482. The van der Waals surface area contributed by atoms with Gasteiger partial charge in [0.25, 0.3) is 0 Å². The Morgan fingerprint density at radius 1 is 0.268 bits per heavy atom. The van der Waals surface area contributed by atoms with Crippen molar-refractivity contribution in [2.45, 2.75) is 0 Å². The van der Waals surface area contributed by atoms with Crippen LogP contribution in [-0.4, -0.2) is 19.9 Å². The molecule has 9 rings (SSSR count). The Hall–Kier alpha value is -8.12. The molecule has 0 radical (unpaired) electrons. The molecule has 0 amide bonds. The lowest BCUT2D eigenvalue weighted by Crippen LogP contribution is -2.00. The van der Waals surface area contributed by atoms with Crippen LogP contribution in [0.1, 0.15) is 22.8 Å². The van der Waals surface area contributed by atoms with Gasteiger partial charge in [-0.2, -0.15) is 0 Å². The summed E-state index contributed by atoms with van der Waals surface area (Å²) < 4.78 is 0. The van der Waals surface area contributed by atoms with E-state index in [0.717, 1.165) is 0 Å². The van der Waals surface area contributed by atoms with Crippen molar-refractivity contribution in [3.8, 4) is 44.5 Å². The highest BCUT2D eigenvalue weighted by molar-refractivity contribution is 6.07. The smallest absolute Gasteiger partial charge is 0.0738 e. The van der Waals surface area contributed by atoms with Crippen molar-refractivity contribution in [3.05, 3.63) is 120 Å². The number of nitrogens with two attached hydrogens (primary N) is 8. The summed E-state index contributed by atoms with van der Waals surface area (Å²) >= 11 is 0. The highest BCUT2D eigenvalue weighted by Crippen LogP contribution is 2.45. The summed E-state index contributed by atoms with van der Waals surface area (Å²) in [7, 11) is 0. The molecule has 7 aromatic rings. The Labute approximate surface area is 321 Å². The minimum Gasteiger partial charge on any atom is -0.398 e. The first-order valence-electron chi connectivity index (χ1n) is 17.8. The maximum absolute atomic E-state index is 6.70. The van der Waals surface area contributed by atoms with Crippen LogP contribution in [0.15, 0.2) is 97.1 Å². The van der Waals surface area contributed by atoms with Crippen molar-refractivity contribution in [2.75, 3.05) is 45.9 Å². The second-order valence-corrected chi connectivity index (χ2v) is 13.7. The Bertz CT molecular complexity index is 2540. The number of rotatable bonds is 4. The van der Waals surface area contributed by atoms with E-state index in [1.54, 1.807) is 0 Å². The molecule has 0 fully saturated rings. The lowest BCUT2D eigenvalue weighted by atomic mass is 9.99. The predicted octanol–water partition coefficient (Wildman–Crippen LogP) is 7.98. The third-order valence-electron chi connectivity index (χ3n) is 10.3. The minimum atomic E-state index is 0.482. The molecule has 0 saturated heterocycles. The van der Waals surface area contributed by atoms with Gasteiger partial charge in [0.2, 0.25) is 0 Å². The molecule has 0 atom stereocenters. The van der Waals surface area contributed by atoms with Gasteiger partial charge in [-0.15, -0.1) is 0 Å². The highest BCUT2D eigenvalue weighted by Gasteiger charge is 2.23. The number of aromatic nitrogens is 4. The number of nitrogens with one attached hydrogen (secondary N) is 2. The summed E-state index contributed by atoms with van der Waals surface area (Å²) in [5.41, 5.74) is 67.9. The third kappa shape index (κ3) is 5.31. The average Bonchev–Trinajstić information content (AvgIpc) is 4.00. The molecule has 18 N–H and O–H groups in total. The van der Waals surface area contributed by atoms with Gasteiger partial charge in [-0.1, -0.05) is 24.3 Å². The number of nitrogen functional groups attached to an aromatic ring is 8. The predicted molar refractivity (Wildman–Crippen MR) is 236 cm³/mol. The van der Waals surface area contributed by atoms with E-state index in [9.17, 15) is 0 Å². The molecule has 0 spiro atoms. The van der Waals surface area contributed by atoms with Gasteiger partial charge in [0, 0.05) is 112 Å². The normalized spacial score (nSPS) is 12.0. The maximum atomic E-state index is 6.70. The number of benzene rings is 4. The number of fused-ring (bicyclic) bond motifs is 8. The summed E-state index contributed by atoms with van der Waals surface area (Å²) in [6, 6.07) is 29.6. The molecule has 2 aliphatic rings. The SMILES string of the molecule is Nc1cccc(N)c1-c1c2nc(c(-c3c(N)cccc3N)c3ccc([nH]3)c(-c3c(N)cccc3N)c3nc(c(-c4c(N)cccc4N)c4ccc1[nH]4)C=C3)C=C2. The fourth-order valence-corrected chi connectivity index (χ4v) is 7.77. The fourth-order valence-electron chi connectivity index (χ4n) is 7.77. The molecule has 8 bridgehead atoms. The molecule has 56 heavy (non-hydrogen) atoms. The quantitative estimate of drug-likeness (QED) is 0.0779. The van der Waals surface area contributed by atoms with E-state index in [2.05, 4.69) is 9.97 Å². The van der Waals surface area contributed by atoms with Crippen LogP contribution < -0.4 is 45.9 Å². The van der Waals surface area contributed by atoms with Gasteiger partial charge in [-0.25, -0.2) is 9.97 Å². The average molecular weight is 735 g/mol. The summed E-state index contributed by atoms with van der Waals surface area (Å²) in [6.07, 6.45) is 7.72. The molecule has 3 aromatic heterocycles. The Morgan fingerprint density at radius 2 is 0.464 bits per heavy atom. The summed E-state index contributed by atoms with van der Waals surface area (Å²) in [5.74, 6) is 0. The van der Waals surface area contributed by atoms with Crippen LogP contribution in [-0.2, 0) is 0 Å². The first-order chi connectivity index (χ1) is 27.1. The zero-order valence-corrected chi connectivity index (χ0v) is 30.1. The number of anilines is 8. The van der Waals surface area contributed by atoms with Crippen LogP contribution >= 0.6 is 0 Å². The molecule has 0 saturated carbocycles. The van der Waals surface area contributed by atoms with Crippen molar-refractivity contribution < 1.29 is 0 Å². The zero-order chi connectivity index (χ0) is 38.8. The van der Waals surface area contributed by atoms with Gasteiger partial charge >= 0.3 is 0 Å². The number of hydrogen-bond donors (Lipinski definition) is 10. The largest absolute Gasteiger partial charge is 0.398 e. The van der Waals surface area contributed by atoms with E-state index in [0.29, 0.717) is 135 Å². The first-order valence-corrected chi connectivity index (χ1v) is 17.8. The number of H-pyrrole nitrogens is 2. The Kier molecular flexibility index (Phi) is 7.69. The summed E-state index contributed by atoms with van der Waals surface area (Å²) in [6.45, 7) is 0. The van der Waals surface area contributed by atoms with Crippen molar-refractivity contribution >= 4 is 91.9 Å². The molecule has 5 heterocycles. The van der Waals surface area contributed by atoms with Crippen LogP contribution in [0.5, 0.6) is 0 Å². The second kappa shape index (κ2) is 12.8. The van der Waals surface area contributed by atoms with E-state index in [4.69, 9.17) is 55.8 Å². The highest BCUT2D eigenvalue weighted by atomic mass is 14.8. The van der Waals surface area contributed by atoms with E-state index in [-0.39, 0.29) is 0 Å². The molecule has 0 aliphatic carbocycles. The molecule has 274 valence electrons. The van der Waals surface area contributed by atoms with Gasteiger partial charge < -0.3 is 55.8 Å². The first kappa shape index (κ1) is 33.7. The van der Waals surface area contributed by atoms with Gasteiger partial charge in [0.1, 0.15) is 0 Å². The van der Waals surface area contributed by atoms with Crippen LogP contribution in [0.3, 0.4) is 0 Å². The lowest BCUT2D eigenvalue weighted by molar-refractivity contribution is 1.31. The maximum Gasteiger partial charge on any atom is 0.0738 e. The Morgan fingerprint density at radius 3 is 0.661 bits per heavy atom. The molecule has 12 nitrogen and oxygen atoms in total. The van der Waals surface area contributed by atoms with Crippen molar-refractivity contribution in [2.24, 2.45) is 0 Å². The fraction of sp³-hybridized carbons (Fsp3) is 0. The zero-order valence-electron chi connectivity index (χ0n) is 30.1. The molecular formula is C44H38N12. The standard InChI is InChI=1S/C44H38N12/c45-21-5-1-6-22(46)37(21)41-29-13-15-31(53-29)42(38-23(47)7-2-8-24(38)48)33-17-19-35(55-33)44(40-27(51)11-4-12-28(40)52)36-20-18-34(56-36)43(32-16-14-30(41)54-32)39-25(49)9-3-10-26(39)50/h1-20,53,56H,45-52H2. The van der Waals surface area contributed by atoms with E-state index < -0.39 is 0 Å². The number of nitrogens with zero attached hydrogens (tertiary/aromatic N) is 2. The van der Waals surface area contributed by atoms with Crippen LogP contribution in [0.2, 0.25) is 0 Å². The van der Waals surface area contributed by atoms with Crippen molar-refractivity contribution in [1.29, 1.82) is 0 Å². The van der Waals surface area contributed by atoms with Crippen LogP contribution in [0.4, 0.5) is 45.5 Å². The third-order valence-corrected chi connectivity index (χ3v) is 10.3. The van der Waals surface area contributed by atoms with E-state index >= 15 is 0 Å². The van der Waals surface area contributed by atoms with Crippen LogP contribution in [0.25, 0.3) is 90.9 Å². The van der Waals surface area contributed by atoms with Crippen LogP contribution in [0, 0.1) is 0 Å². The molecule has 2 aliphatic heterocycles.